The number of nitrogens with one attached hydrogen (secondary N) is 1. The molecule has 4 nitrogen and oxygen atoms in total. The van der Waals surface area contributed by atoms with Gasteiger partial charge in [0.15, 0.2) is 6.21 Å². The first kappa shape index (κ1) is 14.2. The maximum absolute atomic E-state index is 11.8. The Morgan fingerprint density at radius 2 is 2.00 bits per heavy atom. The van der Waals surface area contributed by atoms with Crippen molar-refractivity contribution in [3.63, 3.8) is 0 Å². The second-order valence-corrected chi connectivity index (χ2v) is 7.06. The minimum absolute atomic E-state index is 0.332. The second-order valence-electron chi connectivity index (χ2n) is 5.43. The summed E-state index contributed by atoms with van der Waals surface area (Å²) in [5.41, 5.74) is 1.88. The van der Waals surface area contributed by atoms with Crippen LogP contribution in [-0.2, 0) is 10.1 Å². The van der Waals surface area contributed by atoms with E-state index in [2.05, 4.69) is 4.99 Å². The van der Waals surface area contributed by atoms with Gasteiger partial charge in [-0.1, -0.05) is 37.6 Å². The summed E-state index contributed by atoms with van der Waals surface area (Å²) in [6.45, 7) is 1.92. The fourth-order valence-corrected chi connectivity index (χ4v) is 4.25. The van der Waals surface area contributed by atoms with Crippen LogP contribution in [0.5, 0.6) is 0 Å². The van der Waals surface area contributed by atoms with Crippen molar-refractivity contribution in [2.75, 3.05) is 0 Å². The van der Waals surface area contributed by atoms with Crippen molar-refractivity contribution in [2.45, 2.75) is 30.9 Å². The third-order valence-electron chi connectivity index (χ3n) is 4.08. The molecule has 1 aliphatic rings. The van der Waals surface area contributed by atoms with E-state index in [-0.39, 0.29) is 5.92 Å². The van der Waals surface area contributed by atoms with Gasteiger partial charge in [0, 0.05) is 11.6 Å². The summed E-state index contributed by atoms with van der Waals surface area (Å²) < 4.78 is 33.1. The zero-order chi connectivity index (χ0) is 15.0. The second kappa shape index (κ2) is 5.24. The molecule has 0 spiro atoms. The average Bonchev–Trinajstić information content (AvgIpc) is 2.87. The summed E-state index contributed by atoms with van der Waals surface area (Å²) in [6, 6.07) is 11.9. The molecule has 0 aliphatic carbocycles. The van der Waals surface area contributed by atoms with E-state index in [4.69, 9.17) is 0 Å². The van der Waals surface area contributed by atoms with Crippen LogP contribution in [0, 0.1) is 0 Å². The fourth-order valence-electron chi connectivity index (χ4n) is 3.13. The van der Waals surface area contributed by atoms with E-state index in [9.17, 15) is 13.0 Å². The summed E-state index contributed by atoms with van der Waals surface area (Å²) in [6.07, 6.45) is 2.92. The Balaban J connectivity index is 2.18. The van der Waals surface area contributed by atoms with E-state index in [1.165, 1.54) is 0 Å². The lowest BCUT2D eigenvalue weighted by Crippen LogP contribution is -2.59. The maximum atomic E-state index is 11.8. The van der Waals surface area contributed by atoms with Crippen LogP contribution in [0.25, 0.3) is 10.8 Å². The molecular formula is C16H18NO3S+. The third kappa shape index (κ3) is 2.47. The molecule has 2 aromatic carbocycles. The van der Waals surface area contributed by atoms with E-state index in [1.807, 2.05) is 43.3 Å². The smallest absolute Gasteiger partial charge is 0.268 e. The summed E-state index contributed by atoms with van der Waals surface area (Å²) >= 11 is 0. The molecule has 0 bridgehead atoms. The van der Waals surface area contributed by atoms with E-state index in [0.29, 0.717) is 12.8 Å². The molecule has 0 aromatic heterocycles. The van der Waals surface area contributed by atoms with Crippen molar-refractivity contribution >= 4 is 32.8 Å². The number of hydrogen-bond acceptors (Lipinski definition) is 2. The highest BCUT2D eigenvalue weighted by atomic mass is 32.2. The van der Waals surface area contributed by atoms with Crippen molar-refractivity contribution in [3.8, 4) is 0 Å². The van der Waals surface area contributed by atoms with Gasteiger partial charge in [0.2, 0.25) is 5.69 Å². The maximum Gasteiger partial charge on any atom is 0.268 e. The quantitative estimate of drug-likeness (QED) is 0.846. The van der Waals surface area contributed by atoms with E-state index in [0.717, 1.165) is 22.0 Å². The van der Waals surface area contributed by atoms with Gasteiger partial charge in [-0.2, -0.15) is 8.42 Å². The number of fused-ring (bicyclic) bond motifs is 3. The Morgan fingerprint density at radius 3 is 2.71 bits per heavy atom. The molecule has 0 saturated heterocycles. The fraction of sp³-hybridized carbons (Fsp3) is 0.312. The molecular weight excluding hydrogens is 286 g/mol. The van der Waals surface area contributed by atoms with Crippen LogP contribution < -0.4 is 4.99 Å². The highest BCUT2D eigenvalue weighted by Crippen LogP contribution is 2.36. The summed E-state index contributed by atoms with van der Waals surface area (Å²) in [5.74, 6) is -0.332. The summed E-state index contributed by atoms with van der Waals surface area (Å²) in [4.78, 5) is 3.15. The normalized spacial score (nSPS) is 18.9. The van der Waals surface area contributed by atoms with Gasteiger partial charge in [-0.05, 0) is 23.3 Å². The first-order valence-electron chi connectivity index (χ1n) is 7.10. The number of rotatable bonds is 4. The van der Waals surface area contributed by atoms with Crippen LogP contribution in [-0.4, -0.2) is 24.4 Å². The highest BCUT2D eigenvalue weighted by molar-refractivity contribution is 7.86. The zero-order valence-electron chi connectivity index (χ0n) is 11.8. The van der Waals surface area contributed by atoms with Gasteiger partial charge >= 0.3 is 0 Å². The van der Waals surface area contributed by atoms with Crippen LogP contribution in [0.15, 0.2) is 36.4 Å². The summed E-state index contributed by atoms with van der Waals surface area (Å²) in [7, 11) is -4.09. The minimum atomic E-state index is -4.09. The van der Waals surface area contributed by atoms with Crippen LogP contribution in [0.1, 0.15) is 31.2 Å². The van der Waals surface area contributed by atoms with Gasteiger partial charge in [-0.15, -0.1) is 0 Å². The van der Waals surface area contributed by atoms with Crippen LogP contribution >= 0.6 is 0 Å². The molecule has 110 valence electrons. The topological polar surface area (TPSA) is 68.3 Å². The average molecular weight is 304 g/mol. The van der Waals surface area contributed by atoms with Gasteiger partial charge in [0.1, 0.15) is 5.25 Å². The van der Waals surface area contributed by atoms with Crippen molar-refractivity contribution < 1.29 is 18.0 Å². The van der Waals surface area contributed by atoms with E-state index < -0.39 is 15.4 Å². The lowest BCUT2D eigenvalue weighted by atomic mass is 9.90. The van der Waals surface area contributed by atoms with Crippen molar-refractivity contribution in [2.24, 2.45) is 0 Å². The van der Waals surface area contributed by atoms with Gasteiger partial charge in [-0.25, -0.2) is 4.99 Å². The van der Waals surface area contributed by atoms with Gasteiger partial charge in [-0.3, -0.25) is 4.55 Å². The molecule has 0 saturated carbocycles. The van der Waals surface area contributed by atoms with Crippen LogP contribution in [0.3, 0.4) is 0 Å². The molecule has 1 aliphatic heterocycles. The largest absolute Gasteiger partial charge is 0.285 e. The van der Waals surface area contributed by atoms with Gasteiger partial charge in [0.25, 0.3) is 10.1 Å². The Hall–Kier alpha value is -1.72. The van der Waals surface area contributed by atoms with Gasteiger partial charge < -0.3 is 0 Å². The molecule has 2 atom stereocenters. The molecule has 21 heavy (non-hydrogen) atoms. The molecule has 0 amide bonds. The lowest BCUT2D eigenvalue weighted by molar-refractivity contribution is -0.344. The standard InChI is InChI=1S/C16H17NO3S/c1-2-5-15(21(18,19)20)13-10-17-14-9-8-11-6-3-4-7-12(11)16(13)14/h3-4,6-10,13,15H,2,5H2,1H3,(H,18,19,20)/p+1. The van der Waals surface area contributed by atoms with Crippen molar-refractivity contribution in [1.82, 2.24) is 0 Å². The molecule has 0 radical (unpaired) electrons. The Labute approximate surface area is 124 Å². The lowest BCUT2D eigenvalue weighted by Gasteiger charge is -2.18. The third-order valence-corrected chi connectivity index (χ3v) is 5.37. The molecule has 2 aromatic rings. The van der Waals surface area contributed by atoms with Crippen LogP contribution in [0.2, 0.25) is 0 Å². The number of hydrogen-bond donors (Lipinski definition) is 2. The van der Waals surface area contributed by atoms with E-state index in [1.54, 1.807) is 6.21 Å². The number of benzene rings is 2. The van der Waals surface area contributed by atoms with E-state index >= 15 is 0 Å². The Morgan fingerprint density at radius 1 is 1.24 bits per heavy atom. The molecule has 5 heteroatoms. The molecule has 1 heterocycles. The monoisotopic (exact) mass is 304 g/mol. The Kier molecular flexibility index (Phi) is 3.55. The van der Waals surface area contributed by atoms with Crippen molar-refractivity contribution in [1.29, 1.82) is 0 Å². The SMILES string of the molecule is CCCC(C1C=[NH+]c2ccc3ccccc3c21)S(=O)(=O)O. The van der Waals surface area contributed by atoms with Crippen LogP contribution in [0.4, 0.5) is 5.69 Å². The van der Waals surface area contributed by atoms with Gasteiger partial charge in [0.05, 0.1) is 5.92 Å². The zero-order valence-corrected chi connectivity index (χ0v) is 12.6. The predicted octanol–water partition coefficient (Wildman–Crippen LogP) is 1.78. The summed E-state index contributed by atoms with van der Waals surface area (Å²) in [5, 5.41) is 1.30. The predicted molar refractivity (Wildman–Crippen MR) is 83.6 cm³/mol. The highest BCUT2D eigenvalue weighted by Gasteiger charge is 2.39. The molecule has 2 unspecified atom stereocenters. The first-order chi connectivity index (χ1) is 10.0. The molecule has 2 N–H and O–H groups in total. The molecule has 0 fully saturated rings. The Bertz CT molecular complexity index is 811. The first-order valence-corrected chi connectivity index (χ1v) is 8.60. The minimum Gasteiger partial charge on any atom is -0.285 e. The molecule has 3 rings (SSSR count). The van der Waals surface area contributed by atoms with Crippen molar-refractivity contribution in [3.05, 3.63) is 42.0 Å².